The Kier molecular flexibility index (Phi) is 5.07. The van der Waals surface area contributed by atoms with Crippen LogP contribution in [0, 0.1) is 0 Å². The molecule has 18 heavy (non-hydrogen) atoms. The Hall–Kier alpha value is -1.17. The van der Waals surface area contributed by atoms with E-state index in [4.69, 9.17) is 4.74 Å². The highest BCUT2D eigenvalue weighted by molar-refractivity contribution is 8.00. The Morgan fingerprint density at radius 3 is 2.50 bits per heavy atom. The number of thioether (sulfide) groups is 1. The van der Waals surface area contributed by atoms with Crippen LogP contribution in [0.25, 0.3) is 0 Å². The van der Waals surface area contributed by atoms with Crippen molar-refractivity contribution in [3.05, 3.63) is 23.8 Å². The molecule has 0 saturated heterocycles. The van der Waals surface area contributed by atoms with Crippen LogP contribution >= 0.6 is 11.8 Å². The summed E-state index contributed by atoms with van der Waals surface area (Å²) in [4.78, 5) is 11.6. The summed E-state index contributed by atoms with van der Waals surface area (Å²) in [6, 6.07) is 4.24. The first-order chi connectivity index (χ1) is 8.39. The van der Waals surface area contributed by atoms with Crippen LogP contribution < -0.4 is 4.74 Å². The Morgan fingerprint density at radius 1 is 1.33 bits per heavy atom. The van der Waals surface area contributed by atoms with Gasteiger partial charge in [-0.05, 0) is 30.8 Å². The number of carbonyl (C=O) groups is 1. The monoisotopic (exact) mass is 278 g/mol. The molecule has 2 nitrogen and oxygen atoms in total. The van der Waals surface area contributed by atoms with Gasteiger partial charge < -0.3 is 4.74 Å². The van der Waals surface area contributed by atoms with Crippen molar-refractivity contribution >= 4 is 17.5 Å². The van der Waals surface area contributed by atoms with Gasteiger partial charge in [-0.25, -0.2) is 0 Å². The molecular formula is C12H13F3O2S. The normalized spacial score (nSPS) is 11.4. The van der Waals surface area contributed by atoms with Crippen molar-refractivity contribution in [1.29, 1.82) is 0 Å². The van der Waals surface area contributed by atoms with Gasteiger partial charge in [0.25, 0.3) is 0 Å². The van der Waals surface area contributed by atoms with Crippen LogP contribution in [0.15, 0.2) is 23.1 Å². The second-order valence-corrected chi connectivity index (χ2v) is 4.49. The molecule has 0 N–H and O–H groups in total. The Morgan fingerprint density at radius 2 is 2.00 bits per heavy atom. The maximum atomic E-state index is 12.4. The lowest BCUT2D eigenvalue weighted by Gasteiger charge is -2.14. The van der Waals surface area contributed by atoms with E-state index in [0.29, 0.717) is 6.61 Å². The van der Waals surface area contributed by atoms with Gasteiger partial charge in [0.05, 0.1) is 12.2 Å². The van der Waals surface area contributed by atoms with Crippen molar-refractivity contribution in [1.82, 2.24) is 0 Å². The number of rotatable bonds is 5. The quantitative estimate of drug-likeness (QED) is 0.593. The molecule has 100 valence electrons. The molecule has 1 aromatic rings. The lowest BCUT2D eigenvalue weighted by atomic mass is 10.1. The molecule has 0 spiro atoms. The predicted octanol–water partition coefficient (Wildman–Crippen LogP) is 4.29. The number of ether oxygens (including phenoxy) is 1. The average molecular weight is 278 g/mol. The topological polar surface area (TPSA) is 26.3 Å². The van der Waals surface area contributed by atoms with Crippen molar-refractivity contribution in [2.45, 2.75) is 30.7 Å². The maximum Gasteiger partial charge on any atom is 0.446 e. The van der Waals surface area contributed by atoms with Crippen molar-refractivity contribution in [2.24, 2.45) is 0 Å². The van der Waals surface area contributed by atoms with E-state index in [1.54, 1.807) is 13.8 Å². The third-order valence-electron chi connectivity index (χ3n) is 2.11. The minimum absolute atomic E-state index is 0.0178. The van der Waals surface area contributed by atoms with Gasteiger partial charge in [0.2, 0.25) is 0 Å². The van der Waals surface area contributed by atoms with Gasteiger partial charge >= 0.3 is 5.51 Å². The van der Waals surface area contributed by atoms with Crippen LogP contribution in [0.5, 0.6) is 5.75 Å². The van der Waals surface area contributed by atoms with Gasteiger partial charge in [-0.15, -0.1) is 0 Å². The molecule has 0 fully saturated rings. The number of hydrogen-bond donors (Lipinski definition) is 0. The lowest BCUT2D eigenvalue weighted by molar-refractivity contribution is -0.0328. The van der Waals surface area contributed by atoms with Crippen molar-refractivity contribution < 1.29 is 22.7 Å². The van der Waals surface area contributed by atoms with Gasteiger partial charge in [-0.3, -0.25) is 4.79 Å². The summed E-state index contributed by atoms with van der Waals surface area (Å²) in [6.07, 6.45) is 0.134. The van der Waals surface area contributed by atoms with E-state index < -0.39 is 5.51 Å². The fourth-order valence-electron chi connectivity index (χ4n) is 1.45. The molecule has 0 aliphatic carbocycles. The number of carbonyl (C=O) groups excluding carboxylic acids is 1. The van der Waals surface area contributed by atoms with E-state index in [-0.39, 0.29) is 40.2 Å². The molecule has 0 heterocycles. The number of hydrogen-bond acceptors (Lipinski definition) is 3. The van der Waals surface area contributed by atoms with Crippen LogP contribution in [0.3, 0.4) is 0 Å². The predicted molar refractivity (Wildman–Crippen MR) is 64.1 cm³/mol. The summed E-state index contributed by atoms with van der Waals surface area (Å²) in [6.45, 7) is 3.61. The number of halogens is 3. The Labute approximate surface area is 108 Å². The second-order valence-electron chi connectivity index (χ2n) is 3.39. The second kappa shape index (κ2) is 6.13. The van der Waals surface area contributed by atoms with E-state index in [1.165, 1.54) is 18.2 Å². The maximum absolute atomic E-state index is 12.4. The van der Waals surface area contributed by atoms with Crippen molar-refractivity contribution in [3.63, 3.8) is 0 Å². The molecule has 6 heteroatoms. The van der Waals surface area contributed by atoms with E-state index in [0.717, 1.165) is 0 Å². The highest BCUT2D eigenvalue weighted by Crippen LogP contribution is 2.41. The third-order valence-corrected chi connectivity index (χ3v) is 2.91. The van der Waals surface area contributed by atoms with E-state index >= 15 is 0 Å². The van der Waals surface area contributed by atoms with E-state index in [1.807, 2.05) is 0 Å². The number of ketones is 1. The molecule has 0 atom stereocenters. The summed E-state index contributed by atoms with van der Waals surface area (Å²) < 4.78 is 42.5. The first kappa shape index (κ1) is 14.9. The van der Waals surface area contributed by atoms with E-state index in [9.17, 15) is 18.0 Å². The van der Waals surface area contributed by atoms with Gasteiger partial charge in [-0.1, -0.05) is 13.0 Å². The van der Waals surface area contributed by atoms with Crippen LogP contribution in [0.4, 0.5) is 13.2 Å². The molecule has 1 rings (SSSR count). The molecule has 0 aliphatic heterocycles. The average Bonchev–Trinajstić information content (AvgIpc) is 2.27. The molecule has 0 radical (unpaired) electrons. The molecule has 0 saturated carbocycles. The molecule has 1 aromatic carbocycles. The first-order valence-electron chi connectivity index (χ1n) is 5.43. The van der Waals surface area contributed by atoms with Crippen LogP contribution in [0.1, 0.15) is 30.6 Å². The largest absolute Gasteiger partial charge is 0.493 e. The zero-order valence-corrected chi connectivity index (χ0v) is 10.8. The Bertz CT molecular complexity index is 430. The number of benzene rings is 1. The Balaban J connectivity index is 3.23. The summed E-state index contributed by atoms with van der Waals surface area (Å²) in [5, 5.41) is 0. The molecule has 0 amide bonds. The minimum atomic E-state index is -4.42. The highest BCUT2D eigenvalue weighted by atomic mass is 32.2. The molecule has 0 unspecified atom stereocenters. The highest BCUT2D eigenvalue weighted by Gasteiger charge is 2.32. The standard InChI is InChI=1S/C12H13F3O2S/c1-3-8(16)11-9(17-4-2)6-5-7-10(11)18-12(13,14)15/h5-7H,3-4H2,1-2H3. The molecule has 0 aliphatic rings. The summed E-state index contributed by atoms with van der Waals surface area (Å²) in [5.74, 6) is -0.149. The smallest absolute Gasteiger partial charge is 0.446 e. The number of Topliss-reactive ketones (excluding diaryl/α,β-unsaturated/α-hetero) is 1. The zero-order chi connectivity index (χ0) is 13.8. The van der Waals surface area contributed by atoms with Crippen molar-refractivity contribution in [3.8, 4) is 5.75 Å². The van der Waals surface area contributed by atoms with Gasteiger partial charge in [0.1, 0.15) is 5.75 Å². The summed E-state index contributed by atoms with van der Waals surface area (Å²) in [5.41, 5.74) is -4.41. The van der Waals surface area contributed by atoms with Crippen LogP contribution in [0.2, 0.25) is 0 Å². The zero-order valence-electron chi connectivity index (χ0n) is 10.0. The van der Waals surface area contributed by atoms with Crippen LogP contribution in [-0.2, 0) is 0 Å². The third kappa shape index (κ3) is 3.94. The van der Waals surface area contributed by atoms with Crippen LogP contribution in [-0.4, -0.2) is 17.9 Å². The molecular weight excluding hydrogens is 265 g/mol. The molecule has 0 aromatic heterocycles. The fraction of sp³-hybridized carbons (Fsp3) is 0.417. The van der Waals surface area contributed by atoms with Gasteiger partial charge in [-0.2, -0.15) is 13.2 Å². The fourth-order valence-corrected chi connectivity index (χ4v) is 2.16. The SMILES string of the molecule is CCOc1cccc(SC(F)(F)F)c1C(=O)CC. The summed E-state index contributed by atoms with van der Waals surface area (Å²) in [7, 11) is 0. The van der Waals surface area contributed by atoms with Gasteiger partial charge in [0, 0.05) is 11.3 Å². The lowest BCUT2D eigenvalue weighted by Crippen LogP contribution is -2.07. The van der Waals surface area contributed by atoms with E-state index in [2.05, 4.69) is 0 Å². The molecule has 0 bridgehead atoms. The minimum Gasteiger partial charge on any atom is -0.493 e. The first-order valence-corrected chi connectivity index (χ1v) is 6.25. The summed E-state index contributed by atoms with van der Waals surface area (Å²) >= 11 is -0.290. The van der Waals surface area contributed by atoms with Crippen molar-refractivity contribution in [2.75, 3.05) is 6.61 Å². The number of alkyl halides is 3. The van der Waals surface area contributed by atoms with Gasteiger partial charge in [0.15, 0.2) is 5.78 Å².